The van der Waals surface area contributed by atoms with E-state index in [4.69, 9.17) is 4.74 Å². The van der Waals surface area contributed by atoms with Crippen molar-refractivity contribution in [3.05, 3.63) is 66.1 Å². The van der Waals surface area contributed by atoms with Crippen molar-refractivity contribution in [2.24, 2.45) is 0 Å². The van der Waals surface area contributed by atoms with Gasteiger partial charge in [-0.15, -0.1) is 0 Å². The molecule has 0 saturated heterocycles. The lowest BCUT2D eigenvalue weighted by Crippen LogP contribution is -2.06. The highest BCUT2D eigenvalue weighted by molar-refractivity contribution is 5.89. The number of pyridine rings is 1. The number of rotatable bonds is 4. The van der Waals surface area contributed by atoms with Crippen LogP contribution in [-0.4, -0.2) is 12.0 Å². The van der Waals surface area contributed by atoms with Gasteiger partial charge in [0.25, 0.3) is 0 Å². The van der Waals surface area contributed by atoms with Gasteiger partial charge in [-0.2, -0.15) is 0 Å². The Bertz CT molecular complexity index is 774. The van der Waals surface area contributed by atoms with Crippen LogP contribution in [0.5, 0.6) is 11.6 Å². The summed E-state index contributed by atoms with van der Waals surface area (Å²) < 4.78 is 19.0. The number of halogens is 1. The molecule has 4 heteroatoms. The molecule has 106 valence electrons. The molecule has 0 fully saturated rings. The summed E-state index contributed by atoms with van der Waals surface area (Å²) in [5.41, 5.74) is 1.10. The summed E-state index contributed by atoms with van der Waals surface area (Å²) in [5.74, 6) is 0.591. The molecule has 3 aromatic rings. The number of hydrogen-bond donors (Lipinski definition) is 1. The Balaban J connectivity index is 2.05. The van der Waals surface area contributed by atoms with E-state index in [0.29, 0.717) is 11.6 Å². The molecule has 0 radical (unpaired) electrons. The number of aromatic nitrogens is 1. The molecule has 0 aliphatic rings. The SMILES string of the molecule is CNCc1cnc(Oc2cccc(F)c2)c2ccccc12. The van der Waals surface area contributed by atoms with Crippen molar-refractivity contribution in [2.75, 3.05) is 7.05 Å². The van der Waals surface area contributed by atoms with Crippen LogP contribution in [0.4, 0.5) is 4.39 Å². The Hall–Kier alpha value is -2.46. The molecule has 0 spiro atoms. The van der Waals surface area contributed by atoms with Crippen molar-refractivity contribution >= 4 is 10.8 Å². The molecule has 0 bridgehead atoms. The van der Waals surface area contributed by atoms with Gasteiger partial charge >= 0.3 is 0 Å². The van der Waals surface area contributed by atoms with E-state index in [2.05, 4.69) is 10.3 Å². The third-order valence-electron chi connectivity index (χ3n) is 3.22. The van der Waals surface area contributed by atoms with E-state index in [1.165, 1.54) is 12.1 Å². The summed E-state index contributed by atoms with van der Waals surface area (Å²) in [6, 6.07) is 14.0. The molecule has 0 saturated carbocycles. The zero-order valence-corrected chi connectivity index (χ0v) is 11.6. The van der Waals surface area contributed by atoms with Crippen LogP contribution in [0, 0.1) is 5.82 Å². The number of nitrogens with zero attached hydrogens (tertiary/aromatic N) is 1. The minimum atomic E-state index is -0.330. The molecule has 1 aromatic heterocycles. The third kappa shape index (κ3) is 2.85. The number of benzene rings is 2. The minimum absolute atomic E-state index is 0.330. The molecule has 1 heterocycles. The van der Waals surface area contributed by atoms with Gasteiger partial charge in [0.1, 0.15) is 11.6 Å². The fourth-order valence-electron chi connectivity index (χ4n) is 2.28. The monoisotopic (exact) mass is 282 g/mol. The van der Waals surface area contributed by atoms with E-state index in [0.717, 1.165) is 22.9 Å². The van der Waals surface area contributed by atoms with Crippen LogP contribution in [0.15, 0.2) is 54.7 Å². The Kier molecular flexibility index (Phi) is 3.79. The fraction of sp³-hybridized carbons (Fsp3) is 0.118. The van der Waals surface area contributed by atoms with Crippen molar-refractivity contribution < 1.29 is 9.13 Å². The Morgan fingerprint density at radius 3 is 2.67 bits per heavy atom. The highest BCUT2D eigenvalue weighted by Gasteiger charge is 2.09. The van der Waals surface area contributed by atoms with Crippen LogP contribution in [0.25, 0.3) is 10.8 Å². The van der Waals surface area contributed by atoms with Gasteiger partial charge in [0, 0.05) is 24.2 Å². The van der Waals surface area contributed by atoms with Gasteiger partial charge in [-0.05, 0) is 36.2 Å². The van der Waals surface area contributed by atoms with Gasteiger partial charge < -0.3 is 10.1 Å². The van der Waals surface area contributed by atoms with Crippen LogP contribution < -0.4 is 10.1 Å². The van der Waals surface area contributed by atoms with Crippen molar-refractivity contribution in [3.63, 3.8) is 0 Å². The van der Waals surface area contributed by atoms with Gasteiger partial charge in [-0.25, -0.2) is 9.37 Å². The second-order valence-corrected chi connectivity index (χ2v) is 4.72. The van der Waals surface area contributed by atoms with Crippen molar-refractivity contribution in [3.8, 4) is 11.6 Å². The Labute approximate surface area is 122 Å². The number of nitrogens with one attached hydrogen (secondary N) is 1. The first-order valence-corrected chi connectivity index (χ1v) is 6.72. The van der Waals surface area contributed by atoms with Crippen LogP contribution >= 0.6 is 0 Å². The van der Waals surface area contributed by atoms with E-state index < -0.39 is 0 Å². The number of ether oxygens (including phenoxy) is 1. The second kappa shape index (κ2) is 5.89. The van der Waals surface area contributed by atoms with Crippen molar-refractivity contribution in [2.45, 2.75) is 6.54 Å². The number of hydrogen-bond acceptors (Lipinski definition) is 3. The molecule has 1 N–H and O–H groups in total. The average Bonchev–Trinajstić information content (AvgIpc) is 2.50. The molecule has 0 atom stereocenters. The summed E-state index contributed by atoms with van der Waals surface area (Å²) in [6.45, 7) is 0.730. The smallest absolute Gasteiger partial charge is 0.227 e. The van der Waals surface area contributed by atoms with Gasteiger partial charge in [0.05, 0.1) is 0 Å². The van der Waals surface area contributed by atoms with E-state index in [1.807, 2.05) is 31.3 Å². The molecule has 3 rings (SSSR count). The molecule has 0 amide bonds. The van der Waals surface area contributed by atoms with Crippen LogP contribution in [0.2, 0.25) is 0 Å². The first-order chi connectivity index (χ1) is 10.3. The predicted octanol–water partition coefficient (Wildman–Crippen LogP) is 3.89. The lowest BCUT2D eigenvalue weighted by atomic mass is 10.1. The molecule has 21 heavy (non-hydrogen) atoms. The van der Waals surface area contributed by atoms with Gasteiger partial charge in [0.2, 0.25) is 5.88 Å². The molecule has 2 aromatic carbocycles. The molecule has 0 aliphatic carbocycles. The summed E-state index contributed by atoms with van der Waals surface area (Å²) in [7, 11) is 1.89. The van der Waals surface area contributed by atoms with Crippen LogP contribution in [-0.2, 0) is 6.54 Å². The van der Waals surface area contributed by atoms with Gasteiger partial charge in [-0.3, -0.25) is 0 Å². The van der Waals surface area contributed by atoms with Crippen molar-refractivity contribution in [1.29, 1.82) is 0 Å². The normalized spacial score (nSPS) is 10.8. The third-order valence-corrected chi connectivity index (χ3v) is 3.22. The fourth-order valence-corrected chi connectivity index (χ4v) is 2.28. The highest BCUT2D eigenvalue weighted by atomic mass is 19.1. The first-order valence-electron chi connectivity index (χ1n) is 6.72. The lowest BCUT2D eigenvalue weighted by Gasteiger charge is -2.11. The minimum Gasteiger partial charge on any atom is -0.438 e. The van der Waals surface area contributed by atoms with Crippen LogP contribution in [0.1, 0.15) is 5.56 Å². The van der Waals surface area contributed by atoms with E-state index >= 15 is 0 Å². The second-order valence-electron chi connectivity index (χ2n) is 4.72. The Morgan fingerprint density at radius 1 is 1.10 bits per heavy atom. The average molecular weight is 282 g/mol. The zero-order chi connectivity index (χ0) is 14.7. The molecule has 0 unspecified atom stereocenters. The van der Waals surface area contributed by atoms with E-state index in [9.17, 15) is 4.39 Å². The highest BCUT2D eigenvalue weighted by Crippen LogP contribution is 2.29. The predicted molar refractivity (Wildman–Crippen MR) is 81.0 cm³/mol. The summed E-state index contributed by atoms with van der Waals surface area (Å²) in [6.07, 6.45) is 1.79. The maximum atomic E-state index is 13.2. The number of fused-ring (bicyclic) bond motifs is 1. The van der Waals surface area contributed by atoms with Crippen molar-refractivity contribution in [1.82, 2.24) is 10.3 Å². The summed E-state index contributed by atoms with van der Waals surface area (Å²) >= 11 is 0. The van der Waals surface area contributed by atoms with Gasteiger partial charge in [-0.1, -0.05) is 24.3 Å². The molecular weight excluding hydrogens is 267 g/mol. The molecule has 0 aliphatic heterocycles. The molecular formula is C17H15FN2O. The van der Waals surface area contributed by atoms with Crippen LogP contribution in [0.3, 0.4) is 0 Å². The summed E-state index contributed by atoms with van der Waals surface area (Å²) in [5, 5.41) is 5.11. The Morgan fingerprint density at radius 2 is 1.90 bits per heavy atom. The standard InChI is InChI=1S/C17H15FN2O/c1-19-10-12-11-20-17(16-8-3-2-7-15(12)16)21-14-6-4-5-13(18)9-14/h2-9,11,19H,10H2,1H3. The largest absolute Gasteiger partial charge is 0.438 e. The lowest BCUT2D eigenvalue weighted by molar-refractivity contribution is 0.463. The maximum absolute atomic E-state index is 13.2. The van der Waals surface area contributed by atoms with E-state index in [1.54, 1.807) is 18.3 Å². The topological polar surface area (TPSA) is 34.2 Å². The molecule has 3 nitrogen and oxygen atoms in total. The summed E-state index contributed by atoms with van der Waals surface area (Å²) in [4.78, 5) is 4.37. The quantitative estimate of drug-likeness (QED) is 0.788. The zero-order valence-electron chi connectivity index (χ0n) is 11.6. The first kappa shape index (κ1) is 13.5. The van der Waals surface area contributed by atoms with Gasteiger partial charge in [0.15, 0.2) is 0 Å². The van der Waals surface area contributed by atoms with E-state index in [-0.39, 0.29) is 5.82 Å². The maximum Gasteiger partial charge on any atom is 0.227 e.